The van der Waals surface area contributed by atoms with Crippen LogP contribution in [0.3, 0.4) is 0 Å². The summed E-state index contributed by atoms with van der Waals surface area (Å²) in [6.07, 6.45) is 3.65. The average molecular weight is 450 g/mol. The van der Waals surface area contributed by atoms with Gasteiger partial charge in [-0.25, -0.2) is 9.97 Å². The number of nitrogens with one attached hydrogen (secondary N) is 1. The standard InChI is InChI=1S/C25H31N5O3/c1-15(2)13-30(14-16(3)4)22-6-5-18(19-9-20(19)25(32)33)8-21(22)29-24(31)7-17-11-27-23(10-26)28-12-17/h5-6,8,11-12,15-16,19-20H,7,9,13-14H2,1-4H3,(H,29,31)(H,32,33)/t19-,20-/m1/s1. The van der Waals surface area contributed by atoms with Crippen molar-refractivity contribution in [1.29, 1.82) is 5.26 Å². The van der Waals surface area contributed by atoms with E-state index >= 15 is 0 Å². The van der Waals surface area contributed by atoms with Crippen LogP contribution in [-0.4, -0.2) is 40.0 Å². The van der Waals surface area contributed by atoms with Crippen molar-refractivity contribution in [2.75, 3.05) is 23.3 Å². The number of aliphatic carboxylic acids is 1. The Labute approximate surface area is 194 Å². The van der Waals surface area contributed by atoms with Crippen molar-refractivity contribution in [3.8, 4) is 6.07 Å². The lowest BCUT2D eigenvalue weighted by Crippen LogP contribution is -2.32. The molecule has 0 unspecified atom stereocenters. The fourth-order valence-electron chi connectivity index (χ4n) is 4.03. The third-order valence-electron chi connectivity index (χ3n) is 5.51. The highest BCUT2D eigenvalue weighted by atomic mass is 16.4. The van der Waals surface area contributed by atoms with Gasteiger partial charge in [-0.1, -0.05) is 33.8 Å². The van der Waals surface area contributed by atoms with Crippen molar-refractivity contribution < 1.29 is 14.7 Å². The molecule has 2 atom stereocenters. The summed E-state index contributed by atoms with van der Waals surface area (Å²) < 4.78 is 0. The van der Waals surface area contributed by atoms with Gasteiger partial charge in [0, 0.05) is 25.5 Å². The summed E-state index contributed by atoms with van der Waals surface area (Å²) in [5, 5.41) is 21.2. The summed E-state index contributed by atoms with van der Waals surface area (Å²) in [6.45, 7) is 10.3. The number of carbonyl (C=O) groups excluding carboxylic acids is 1. The van der Waals surface area contributed by atoms with Gasteiger partial charge >= 0.3 is 5.97 Å². The fraction of sp³-hybridized carbons (Fsp3) is 0.480. The number of carboxylic acids is 1. The first kappa shape index (κ1) is 24.2. The molecule has 2 aromatic rings. The molecular formula is C25H31N5O3. The van der Waals surface area contributed by atoms with Crippen LogP contribution in [-0.2, 0) is 16.0 Å². The first-order chi connectivity index (χ1) is 15.7. The fourth-order valence-corrected chi connectivity index (χ4v) is 4.03. The minimum absolute atomic E-state index is 0.0252. The second kappa shape index (κ2) is 10.4. The topological polar surface area (TPSA) is 119 Å². The third kappa shape index (κ3) is 6.51. The number of rotatable bonds is 10. The highest BCUT2D eigenvalue weighted by molar-refractivity contribution is 5.96. The Morgan fingerprint density at radius 2 is 1.82 bits per heavy atom. The van der Waals surface area contributed by atoms with E-state index in [1.807, 2.05) is 24.3 Å². The minimum Gasteiger partial charge on any atom is -0.481 e. The SMILES string of the molecule is CC(C)CN(CC(C)C)c1ccc([C@H]2C[C@H]2C(=O)O)cc1NC(=O)Cc1cnc(C#N)nc1. The van der Waals surface area contributed by atoms with Crippen molar-refractivity contribution in [3.63, 3.8) is 0 Å². The quantitative estimate of drug-likeness (QED) is 0.565. The number of benzene rings is 1. The molecule has 1 saturated carbocycles. The third-order valence-corrected chi connectivity index (χ3v) is 5.51. The van der Waals surface area contributed by atoms with E-state index in [0.29, 0.717) is 29.5 Å². The number of hydrogen-bond acceptors (Lipinski definition) is 6. The average Bonchev–Trinajstić information content (AvgIpc) is 3.54. The van der Waals surface area contributed by atoms with Gasteiger partial charge in [0.1, 0.15) is 6.07 Å². The molecule has 0 aliphatic heterocycles. The van der Waals surface area contributed by atoms with E-state index < -0.39 is 5.97 Å². The highest BCUT2D eigenvalue weighted by Gasteiger charge is 2.44. The Bertz CT molecular complexity index is 1030. The van der Waals surface area contributed by atoms with Crippen LogP contribution in [0, 0.1) is 29.1 Å². The summed E-state index contributed by atoms with van der Waals surface area (Å²) in [4.78, 5) is 34.4. The molecule has 0 radical (unpaired) electrons. The van der Waals surface area contributed by atoms with Crippen molar-refractivity contribution in [2.24, 2.45) is 17.8 Å². The van der Waals surface area contributed by atoms with Gasteiger partial charge < -0.3 is 15.3 Å². The first-order valence-corrected chi connectivity index (χ1v) is 11.3. The molecule has 8 heteroatoms. The van der Waals surface area contributed by atoms with Crippen LogP contribution in [0.4, 0.5) is 11.4 Å². The molecule has 0 saturated heterocycles. The molecular weight excluding hydrogens is 418 g/mol. The van der Waals surface area contributed by atoms with Crippen LogP contribution in [0.5, 0.6) is 0 Å². The Balaban J connectivity index is 1.88. The van der Waals surface area contributed by atoms with Crippen LogP contribution in [0.25, 0.3) is 0 Å². The molecule has 1 amide bonds. The van der Waals surface area contributed by atoms with Crippen LogP contribution in [0.15, 0.2) is 30.6 Å². The predicted octanol–water partition coefficient (Wildman–Crippen LogP) is 3.84. The first-order valence-electron chi connectivity index (χ1n) is 11.3. The Kier molecular flexibility index (Phi) is 7.64. The minimum atomic E-state index is -0.781. The second-order valence-electron chi connectivity index (χ2n) is 9.51. The van der Waals surface area contributed by atoms with E-state index in [-0.39, 0.29) is 30.0 Å². The molecule has 2 N–H and O–H groups in total. The maximum atomic E-state index is 12.9. The van der Waals surface area contributed by atoms with Crippen molar-refractivity contribution >= 4 is 23.3 Å². The molecule has 0 spiro atoms. The van der Waals surface area contributed by atoms with E-state index in [0.717, 1.165) is 24.3 Å². The number of carbonyl (C=O) groups is 2. The number of nitriles is 1. The number of aromatic nitrogens is 2. The predicted molar refractivity (Wildman–Crippen MR) is 126 cm³/mol. The number of anilines is 2. The van der Waals surface area contributed by atoms with E-state index in [2.05, 4.69) is 47.9 Å². The summed E-state index contributed by atoms with van der Waals surface area (Å²) in [7, 11) is 0. The maximum Gasteiger partial charge on any atom is 0.307 e. The molecule has 33 heavy (non-hydrogen) atoms. The van der Waals surface area contributed by atoms with Crippen molar-refractivity contribution in [1.82, 2.24) is 9.97 Å². The monoisotopic (exact) mass is 449 g/mol. The molecule has 1 heterocycles. The zero-order valence-corrected chi connectivity index (χ0v) is 19.6. The molecule has 0 bridgehead atoms. The van der Waals surface area contributed by atoms with Crippen LogP contribution >= 0.6 is 0 Å². The molecule has 8 nitrogen and oxygen atoms in total. The van der Waals surface area contributed by atoms with Crippen LogP contribution < -0.4 is 10.2 Å². The van der Waals surface area contributed by atoms with Crippen LogP contribution in [0.2, 0.25) is 0 Å². The molecule has 1 aromatic heterocycles. The molecule has 1 fully saturated rings. The van der Waals surface area contributed by atoms with Crippen molar-refractivity contribution in [2.45, 2.75) is 46.5 Å². The molecule has 174 valence electrons. The maximum absolute atomic E-state index is 12.9. The molecule has 3 rings (SSSR count). The van der Waals surface area contributed by atoms with E-state index in [9.17, 15) is 14.7 Å². The van der Waals surface area contributed by atoms with E-state index in [4.69, 9.17) is 5.26 Å². The van der Waals surface area contributed by atoms with Gasteiger partial charge in [-0.3, -0.25) is 9.59 Å². The number of amides is 1. The zero-order valence-electron chi connectivity index (χ0n) is 19.6. The van der Waals surface area contributed by atoms with Gasteiger partial charge in [-0.2, -0.15) is 5.26 Å². The lowest BCUT2D eigenvalue weighted by molar-refractivity contribution is -0.138. The number of nitrogens with zero attached hydrogens (tertiary/aromatic N) is 4. The van der Waals surface area contributed by atoms with Crippen molar-refractivity contribution in [3.05, 3.63) is 47.5 Å². The molecule has 1 aliphatic rings. The summed E-state index contributed by atoms with van der Waals surface area (Å²) in [5.41, 5.74) is 3.15. The summed E-state index contributed by atoms with van der Waals surface area (Å²) >= 11 is 0. The summed E-state index contributed by atoms with van der Waals surface area (Å²) in [5.74, 6) is -0.465. The summed E-state index contributed by atoms with van der Waals surface area (Å²) in [6, 6.07) is 7.77. The van der Waals surface area contributed by atoms with Gasteiger partial charge in [-0.15, -0.1) is 0 Å². The van der Waals surface area contributed by atoms with Gasteiger partial charge in [0.25, 0.3) is 0 Å². The Hall–Kier alpha value is -3.47. The van der Waals surface area contributed by atoms with Gasteiger partial charge in [0.05, 0.1) is 23.7 Å². The van der Waals surface area contributed by atoms with E-state index in [1.165, 1.54) is 12.4 Å². The highest BCUT2D eigenvalue weighted by Crippen LogP contribution is 2.49. The normalized spacial score (nSPS) is 17.0. The van der Waals surface area contributed by atoms with Crippen LogP contribution in [0.1, 0.15) is 57.0 Å². The van der Waals surface area contributed by atoms with E-state index in [1.54, 1.807) is 0 Å². The largest absolute Gasteiger partial charge is 0.481 e. The lowest BCUT2D eigenvalue weighted by atomic mass is 10.0. The van der Waals surface area contributed by atoms with Gasteiger partial charge in [0.15, 0.2) is 0 Å². The lowest BCUT2D eigenvalue weighted by Gasteiger charge is -2.31. The smallest absolute Gasteiger partial charge is 0.307 e. The molecule has 1 aromatic carbocycles. The van der Waals surface area contributed by atoms with Gasteiger partial charge in [-0.05, 0) is 47.4 Å². The second-order valence-corrected chi connectivity index (χ2v) is 9.51. The number of hydrogen-bond donors (Lipinski definition) is 2. The zero-order chi connectivity index (χ0) is 24.1. The Morgan fingerprint density at radius 1 is 1.18 bits per heavy atom. The Morgan fingerprint density at radius 3 is 2.33 bits per heavy atom. The van der Waals surface area contributed by atoms with Gasteiger partial charge in [0.2, 0.25) is 11.7 Å². The molecule has 1 aliphatic carbocycles. The number of carboxylic acid groups (broad SMARTS) is 1.